The topological polar surface area (TPSA) is 9.23 Å². The fraction of sp³-hybridized carbons (Fsp3) is 0.158. The summed E-state index contributed by atoms with van der Waals surface area (Å²) in [6.45, 7) is 4.79. The van der Waals surface area contributed by atoms with Gasteiger partial charge in [0.05, 0.1) is 0 Å². The standard InChI is InChI=1S/C19H18O/c1-14-10-11-19(15(2)12-14)20-13-17-8-5-7-16-6-3-4-9-18(16)17/h3-12H,13H2,1-2H3. The molecule has 3 aromatic carbocycles. The van der Waals surface area contributed by atoms with Gasteiger partial charge < -0.3 is 4.74 Å². The van der Waals surface area contributed by atoms with Gasteiger partial charge in [-0.25, -0.2) is 0 Å². The van der Waals surface area contributed by atoms with Gasteiger partial charge in [0, 0.05) is 0 Å². The van der Waals surface area contributed by atoms with E-state index in [9.17, 15) is 0 Å². The Bertz CT molecular complexity index is 738. The van der Waals surface area contributed by atoms with Crippen LogP contribution >= 0.6 is 0 Å². The highest BCUT2D eigenvalue weighted by Gasteiger charge is 2.03. The van der Waals surface area contributed by atoms with Crippen molar-refractivity contribution in [2.75, 3.05) is 0 Å². The summed E-state index contributed by atoms with van der Waals surface area (Å²) in [5, 5.41) is 2.52. The maximum atomic E-state index is 5.99. The van der Waals surface area contributed by atoms with Gasteiger partial charge in [0.25, 0.3) is 0 Å². The van der Waals surface area contributed by atoms with E-state index in [1.165, 1.54) is 27.5 Å². The van der Waals surface area contributed by atoms with Gasteiger partial charge in [-0.3, -0.25) is 0 Å². The third kappa shape index (κ3) is 2.53. The Morgan fingerprint density at radius 2 is 1.65 bits per heavy atom. The monoisotopic (exact) mass is 262 g/mol. The molecule has 0 bridgehead atoms. The normalized spacial score (nSPS) is 10.7. The first kappa shape index (κ1) is 12.7. The molecular formula is C19H18O. The van der Waals surface area contributed by atoms with Gasteiger partial charge in [-0.05, 0) is 41.8 Å². The van der Waals surface area contributed by atoms with E-state index < -0.39 is 0 Å². The Morgan fingerprint density at radius 1 is 0.850 bits per heavy atom. The highest BCUT2D eigenvalue weighted by molar-refractivity contribution is 5.85. The van der Waals surface area contributed by atoms with Crippen molar-refractivity contribution < 1.29 is 4.74 Å². The molecule has 100 valence electrons. The molecule has 0 saturated carbocycles. The van der Waals surface area contributed by atoms with Crippen molar-refractivity contribution in [1.29, 1.82) is 0 Å². The highest BCUT2D eigenvalue weighted by atomic mass is 16.5. The Hall–Kier alpha value is -2.28. The van der Waals surface area contributed by atoms with E-state index in [2.05, 4.69) is 74.5 Å². The summed E-state index contributed by atoms with van der Waals surface area (Å²) < 4.78 is 5.99. The van der Waals surface area contributed by atoms with Crippen LogP contribution in [0.1, 0.15) is 16.7 Å². The Kier molecular flexibility index (Phi) is 3.42. The summed E-state index contributed by atoms with van der Waals surface area (Å²) in [6, 6.07) is 21.1. The summed E-state index contributed by atoms with van der Waals surface area (Å²) in [5.74, 6) is 0.962. The van der Waals surface area contributed by atoms with Gasteiger partial charge in [-0.15, -0.1) is 0 Å². The van der Waals surface area contributed by atoms with E-state index in [1.807, 2.05) is 0 Å². The lowest BCUT2D eigenvalue weighted by molar-refractivity contribution is 0.305. The van der Waals surface area contributed by atoms with Gasteiger partial charge in [-0.2, -0.15) is 0 Å². The number of fused-ring (bicyclic) bond motifs is 1. The van der Waals surface area contributed by atoms with E-state index in [1.54, 1.807) is 0 Å². The zero-order chi connectivity index (χ0) is 13.9. The first-order valence-corrected chi connectivity index (χ1v) is 6.91. The average Bonchev–Trinajstić information content (AvgIpc) is 2.46. The van der Waals surface area contributed by atoms with E-state index >= 15 is 0 Å². The fourth-order valence-corrected chi connectivity index (χ4v) is 2.54. The number of rotatable bonds is 3. The minimum absolute atomic E-state index is 0.602. The molecule has 0 aliphatic rings. The van der Waals surface area contributed by atoms with Gasteiger partial charge >= 0.3 is 0 Å². The molecular weight excluding hydrogens is 244 g/mol. The van der Waals surface area contributed by atoms with Gasteiger partial charge in [-0.1, -0.05) is 60.2 Å². The third-order valence-corrected chi connectivity index (χ3v) is 3.59. The van der Waals surface area contributed by atoms with Crippen molar-refractivity contribution >= 4 is 10.8 Å². The third-order valence-electron chi connectivity index (χ3n) is 3.59. The molecule has 0 fully saturated rings. The second-order valence-electron chi connectivity index (χ2n) is 5.20. The van der Waals surface area contributed by atoms with Crippen molar-refractivity contribution in [2.45, 2.75) is 20.5 Å². The molecule has 0 atom stereocenters. The summed E-state index contributed by atoms with van der Waals surface area (Å²) >= 11 is 0. The number of hydrogen-bond acceptors (Lipinski definition) is 1. The molecule has 0 spiro atoms. The second kappa shape index (κ2) is 5.38. The zero-order valence-corrected chi connectivity index (χ0v) is 11.9. The number of aryl methyl sites for hydroxylation is 2. The van der Waals surface area contributed by atoms with E-state index in [0.29, 0.717) is 6.61 Å². The van der Waals surface area contributed by atoms with Crippen LogP contribution in [0.4, 0.5) is 0 Å². The molecule has 3 rings (SSSR count). The van der Waals surface area contributed by atoms with Crippen LogP contribution in [0.2, 0.25) is 0 Å². The molecule has 20 heavy (non-hydrogen) atoms. The van der Waals surface area contributed by atoms with Crippen LogP contribution in [0.3, 0.4) is 0 Å². The molecule has 1 nitrogen and oxygen atoms in total. The molecule has 0 amide bonds. The fourth-order valence-electron chi connectivity index (χ4n) is 2.54. The van der Waals surface area contributed by atoms with Gasteiger partial charge in [0.2, 0.25) is 0 Å². The van der Waals surface area contributed by atoms with Gasteiger partial charge in [0.1, 0.15) is 12.4 Å². The number of hydrogen-bond donors (Lipinski definition) is 0. The zero-order valence-electron chi connectivity index (χ0n) is 11.9. The summed E-state index contributed by atoms with van der Waals surface area (Å²) in [5.41, 5.74) is 3.67. The van der Waals surface area contributed by atoms with Crippen LogP contribution in [0.5, 0.6) is 5.75 Å². The number of benzene rings is 3. The Labute approximate surface area is 119 Å². The van der Waals surface area contributed by atoms with Crippen molar-refractivity contribution in [2.24, 2.45) is 0 Å². The van der Waals surface area contributed by atoms with Crippen LogP contribution in [-0.2, 0) is 6.61 Å². The van der Waals surface area contributed by atoms with Crippen molar-refractivity contribution in [3.05, 3.63) is 77.4 Å². The van der Waals surface area contributed by atoms with Gasteiger partial charge in [0.15, 0.2) is 0 Å². The predicted molar refractivity (Wildman–Crippen MR) is 84.2 cm³/mol. The maximum Gasteiger partial charge on any atom is 0.122 e. The predicted octanol–water partition coefficient (Wildman–Crippen LogP) is 5.04. The molecule has 3 aromatic rings. The summed E-state index contributed by atoms with van der Waals surface area (Å²) in [6.07, 6.45) is 0. The molecule has 0 aliphatic carbocycles. The first-order valence-electron chi connectivity index (χ1n) is 6.91. The van der Waals surface area contributed by atoms with Crippen LogP contribution < -0.4 is 4.74 Å². The lowest BCUT2D eigenvalue weighted by atomic mass is 10.1. The molecule has 0 saturated heterocycles. The van der Waals surface area contributed by atoms with Crippen LogP contribution in [0.15, 0.2) is 60.7 Å². The minimum atomic E-state index is 0.602. The largest absolute Gasteiger partial charge is 0.489 e. The Balaban J connectivity index is 1.87. The first-order chi connectivity index (χ1) is 9.74. The average molecular weight is 262 g/mol. The van der Waals surface area contributed by atoms with Crippen LogP contribution in [0.25, 0.3) is 10.8 Å². The molecule has 0 aliphatic heterocycles. The molecule has 0 heterocycles. The maximum absolute atomic E-state index is 5.99. The molecule has 0 unspecified atom stereocenters. The molecule has 0 aromatic heterocycles. The molecule has 1 heteroatoms. The quantitative estimate of drug-likeness (QED) is 0.643. The van der Waals surface area contributed by atoms with Crippen molar-refractivity contribution in [1.82, 2.24) is 0 Å². The summed E-state index contributed by atoms with van der Waals surface area (Å²) in [4.78, 5) is 0. The Morgan fingerprint density at radius 3 is 2.50 bits per heavy atom. The lowest BCUT2D eigenvalue weighted by Crippen LogP contribution is -1.98. The molecule has 0 N–H and O–H groups in total. The SMILES string of the molecule is Cc1ccc(OCc2cccc3ccccc23)c(C)c1. The minimum Gasteiger partial charge on any atom is -0.489 e. The lowest BCUT2D eigenvalue weighted by Gasteiger charge is -2.11. The van der Waals surface area contributed by atoms with Crippen LogP contribution in [-0.4, -0.2) is 0 Å². The van der Waals surface area contributed by atoms with E-state index in [-0.39, 0.29) is 0 Å². The van der Waals surface area contributed by atoms with Crippen LogP contribution in [0, 0.1) is 13.8 Å². The molecule has 0 radical (unpaired) electrons. The summed E-state index contributed by atoms with van der Waals surface area (Å²) in [7, 11) is 0. The van der Waals surface area contributed by atoms with Crippen molar-refractivity contribution in [3.8, 4) is 5.75 Å². The number of ether oxygens (including phenoxy) is 1. The second-order valence-corrected chi connectivity index (χ2v) is 5.20. The van der Waals surface area contributed by atoms with E-state index in [4.69, 9.17) is 4.74 Å². The smallest absolute Gasteiger partial charge is 0.122 e. The van der Waals surface area contributed by atoms with E-state index in [0.717, 1.165) is 5.75 Å². The highest BCUT2D eigenvalue weighted by Crippen LogP contribution is 2.23. The van der Waals surface area contributed by atoms with Crippen molar-refractivity contribution in [3.63, 3.8) is 0 Å².